The van der Waals surface area contributed by atoms with Crippen LogP contribution in [0, 0.1) is 0 Å². The van der Waals surface area contributed by atoms with Crippen molar-refractivity contribution in [3.05, 3.63) is 24.7 Å². The van der Waals surface area contributed by atoms with Gasteiger partial charge in [0.05, 0.1) is 5.39 Å². The fourth-order valence-electron chi connectivity index (χ4n) is 1.68. The predicted octanol–water partition coefficient (Wildman–Crippen LogP) is 1.57. The van der Waals surface area contributed by atoms with Gasteiger partial charge in [0, 0.05) is 24.8 Å². The summed E-state index contributed by atoms with van der Waals surface area (Å²) in [4.78, 5) is 13.7. The average molecular weight is 231 g/mol. The highest BCUT2D eigenvalue weighted by atomic mass is 15.1. The molecule has 0 spiro atoms. The maximum absolute atomic E-state index is 4.28. The third-order valence-corrected chi connectivity index (χ3v) is 2.57. The predicted molar refractivity (Wildman–Crippen MR) is 71.0 cm³/mol. The summed E-state index contributed by atoms with van der Waals surface area (Å²) in [7, 11) is 4.09. The molecule has 0 aliphatic rings. The van der Waals surface area contributed by atoms with Gasteiger partial charge in [0.15, 0.2) is 0 Å². The molecular formula is C12H17N5. The molecule has 90 valence electrons. The summed E-state index contributed by atoms with van der Waals surface area (Å²) in [5.41, 5.74) is 1.86. The normalized spacial score (nSPS) is 11.0. The fourth-order valence-corrected chi connectivity index (χ4v) is 1.68. The molecule has 0 fully saturated rings. The highest BCUT2D eigenvalue weighted by molar-refractivity contribution is 5.94. The lowest BCUT2D eigenvalue weighted by molar-refractivity contribution is 0.425. The number of rotatable bonds is 5. The monoisotopic (exact) mass is 231 g/mol. The maximum atomic E-state index is 4.28. The number of aromatic nitrogens is 3. The SMILES string of the molecule is C=Cc1c[nH]c2ncnc(NCCN(C)C)c12. The summed E-state index contributed by atoms with van der Waals surface area (Å²) >= 11 is 0. The van der Waals surface area contributed by atoms with E-state index in [1.807, 2.05) is 20.3 Å². The zero-order chi connectivity index (χ0) is 12.3. The van der Waals surface area contributed by atoms with Gasteiger partial charge in [-0.05, 0) is 14.1 Å². The van der Waals surface area contributed by atoms with Gasteiger partial charge >= 0.3 is 0 Å². The molecular weight excluding hydrogens is 214 g/mol. The van der Waals surface area contributed by atoms with E-state index in [0.717, 1.165) is 35.5 Å². The van der Waals surface area contributed by atoms with Crippen molar-refractivity contribution in [2.75, 3.05) is 32.5 Å². The van der Waals surface area contributed by atoms with Gasteiger partial charge in [-0.2, -0.15) is 0 Å². The van der Waals surface area contributed by atoms with Gasteiger partial charge in [0.2, 0.25) is 0 Å². The Kier molecular flexibility index (Phi) is 3.39. The van der Waals surface area contributed by atoms with Crippen LogP contribution in [0.5, 0.6) is 0 Å². The van der Waals surface area contributed by atoms with E-state index in [-0.39, 0.29) is 0 Å². The molecule has 0 amide bonds. The molecule has 0 saturated carbocycles. The standard InChI is InChI=1S/C12H17N5/c1-4-9-7-14-12-10(9)11(15-8-16-12)13-5-6-17(2)3/h4,7-8H,1,5-6H2,2-3H3,(H2,13,14,15,16). The van der Waals surface area contributed by atoms with E-state index < -0.39 is 0 Å². The lowest BCUT2D eigenvalue weighted by atomic mass is 10.2. The topological polar surface area (TPSA) is 56.8 Å². The maximum Gasteiger partial charge on any atom is 0.143 e. The van der Waals surface area contributed by atoms with Gasteiger partial charge in [-0.15, -0.1) is 0 Å². The minimum absolute atomic E-state index is 0.835. The fraction of sp³-hybridized carbons (Fsp3) is 0.333. The summed E-state index contributed by atoms with van der Waals surface area (Å²) in [6.45, 7) is 5.60. The third kappa shape index (κ3) is 2.45. The summed E-state index contributed by atoms with van der Waals surface area (Å²) in [6, 6.07) is 0. The minimum atomic E-state index is 0.835. The van der Waals surface area contributed by atoms with Crippen molar-refractivity contribution in [2.45, 2.75) is 0 Å². The van der Waals surface area contributed by atoms with Crippen molar-refractivity contribution < 1.29 is 0 Å². The van der Waals surface area contributed by atoms with Crippen molar-refractivity contribution in [3.8, 4) is 0 Å². The van der Waals surface area contributed by atoms with Gasteiger partial charge in [0.1, 0.15) is 17.8 Å². The Bertz CT molecular complexity index is 515. The summed E-state index contributed by atoms with van der Waals surface area (Å²) in [6.07, 6.45) is 5.26. The Labute approximate surface area is 101 Å². The molecule has 5 nitrogen and oxygen atoms in total. The van der Waals surface area contributed by atoms with Gasteiger partial charge in [-0.25, -0.2) is 9.97 Å². The van der Waals surface area contributed by atoms with E-state index in [0.29, 0.717) is 0 Å². The Morgan fingerprint density at radius 2 is 2.29 bits per heavy atom. The second kappa shape index (κ2) is 4.97. The van der Waals surface area contributed by atoms with E-state index in [2.05, 4.69) is 31.7 Å². The molecule has 0 bridgehead atoms. The van der Waals surface area contributed by atoms with Crippen LogP contribution in [0.2, 0.25) is 0 Å². The van der Waals surface area contributed by atoms with Crippen molar-refractivity contribution in [1.29, 1.82) is 0 Å². The molecule has 0 aliphatic carbocycles. The number of hydrogen-bond donors (Lipinski definition) is 2. The highest BCUT2D eigenvalue weighted by Crippen LogP contribution is 2.23. The molecule has 5 heteroatoms. The zero-order valence-corrected chi connectivity index (χ0v) is 10.2. The average Bonchev–Trinajstić information content (AvgIpc) is 2.72. The van der Waals surface area contributed by atoms with Crippen LogP contribution in [-0.4, -0.2) is 47.0 Å². The molecule has 0 aliphatic heterocycles. The van der Waals surface area contributed by atoms with E-state index in [1.165, 1.54) is 0 Å². The van der Waals surface area contributed by atoms with E-state index in [1.54, 1.807) is 12.4 Å². The van der Waals surface area contributed by atoms with Gasteiger partial charge in [-0.3, -0.25) is 0 Å². The molecule has 2 heterocycles. The van der Waals surface area contributed by atoms with Gasteiger partial charge < -0.3 is 15.2 Å². The first-order valence-electron chi connectivity index (χ1n) is 5.55. The Hall–Kier alpha value is -1.88. The molecule has 2 rings (SSSR count). The van der Waals surface area contributed by atoms with Crippen LogP contribution in [0.15, 0.2) is 19.1 Å². The van der Waals surface area contributed by atoms with Crippen LogP contribution < -0.4 is 5.32 Å². The molecule has 0 atom stereocenters. The first kappa shape index (κ1) is 11.6. The van der Waals surface area contributed by atoms with Crippen molar-refractivity contribution in [2.24, 2.45) is 0 Å². The Morgan fingerprint density at radius 1 is 1.47 bits per heavy atom. The number of anilines is 1. The number of nitrogens with zero attached hydrogens (tertiary/aromatic N) is 3. The van der Waals surface area contributed by atoms with Gasteiger partial charge in [-0.1, -0.05) is 12.7 Å². The summed E-state index contributed by atoms with van der Waals surface area (Å²) < 4.78 is 0. The number of likely N-dealkylation sites (N-methyl/N-ethyl adjacent to an activating group) is 1. The van der Waals surface area contributed by atoms with E-state index in [9.17, 15) is 0 Å². The van der Waals surface area contributed by atoms with Crippen LogP contribution in [0.3, 0.4) is 0 Å². The molecule has 17 heavy (non-hydrogen) atoms. The van der Waals surface area contributed by atoms with Crippen molar-refractivity contribution >= 4 is 22.9 Å². The lowest BCUT2D eigenvalue weighted by Crippen LogP contribution is -2.21. The molecule has 2 N–H and O–H groups in total. The number of hydrogen-bond acceptors (Lipinski definition) is 4. The Balaban J connectivity index is 2.26. The second-order valence-corrected chi connectivity index (χ2v) is 4.12. The second-order valence-electron chi connectivity index (χ2n) is 4.12. The smallest absolute Gasteiger partial charge is 0.143 e. The van der Waals surface area contributed by atoms with Crippen LogP contribution in [0.4, 0.5) is 5.82 Å². The number of aromatic amines is 1. The molecule has 2 aromatic heterocycles. The quantitative estimate of drug-likeness (QED) is 0.820. The van der Waals surface area contributed by atoms with Crippen LogP contribution in [0.25, 0.3) is 17.1 Å². The first-order chi connectivity index (χ1) is 8.22. The van der Waals surface area contributed by atoms with Crippen LogP contribution in [0.1, 0.15) is 5.56 Å². The van der Waals surface area contributed by atoms with Crippen LogP contribution in [-0.2, 0) is 0 Å². The van der Waals surface area contributed by atoms with Crippen LogP contribution >= 0.6 is 0 Å². The lowest BCUT2D eigenvalue weighted by Gasteiger charge is -2.11. The largest absolute Gasteiger partial charge is 0.368 e. The Morgan fingerprint density at radius 3 is 3.00 bits per heavy atom. The van der Waals surface area contributed by atoms with Crippen molar-refractivity contribution in [3.63, 3.8) is 0 Å². The zero-order valence-electron chi connectivity index (χ0n) is 10.2. The van der Waals surface area contributed by atoms with E-state index >= 15 is 0 Å². The summed E-state index contributed by atoms with van der Waals surface area (Å²) in [5.74, 6) is 0.855. The molecule has 0 aromatic carbocycles. The molecule has 0 unspecified atom stereocenters. The van der Waals surface area contributed by atoms with E-state index in [4.69, 9.17) is 0 Å². The molecule has 2 aromatic rings. The number of fused-ring (bicyclic) bond motifs is 1. The number of nitrogens with one attached hydrogen (secondary N) is 2. The number of H-pyrrole nitrogens is 1. The first-order valence-corrected chi connectivity index (χ1v) is 5.55. The minimum Gasteiger partial charge on any atom is -0.368 e. The van der Waals surface area contributed by atoms with Gasteiger partial charge in [0.25, 0.3) is 0 Å². The third-order valence-electron chi connectivity index (χ3n) is 2.57. The summed E-state index contributed by atoms with van der Waals surface area (Å²) in [5, 5.41) is 4.32. The molecule has 0 saturated heterocycles. The van der Waals surface area contributed by atoms with Crippen molar-refractivity contribution in [1.82, 2.24) is 19.9 Å². The molecule has 0 radical (unpaired) electrons. The highest BCUT2D eigenvalue weighted by Gasteiger charge is 2.08.